The highest BCUT2D eigenvalue weighted by molar-refractivity contribution is 5.83. The Morgan fingerprint density at radius 2 is 0.857 bits per heavy atom. The van der Waals surface area contributed by atoms with Crippen LogP contribution in [0.2, 0.25) is 0 Å². The van der Waals surface area contributed by atoms with E-state index in [1.807, 2.05) is 0 Å². The fraction of sp³-hybridized carbons (Fsp3) is 0.683. The number of benzene rings is 2. The van der Waals surface area contributed by atoms with Crippen molar-refractivity contribution >= 4 is 5.78 Å². The van der Waals surface area contributed by atoms with Crippen molar-refractivity contribution in [2.24, 2.45) is 11.8 Å². The van der Waals surface area contributed by atoms with E-state index in [0.29, 0.717) is 18.6 Å². The zero-order valence-corrected chi connectivity index (χ0v) is 27.4. The van der Waals surface area contributed by atoms with Crippen molar-refractivity contribution in [3.63, 3.8) is 0 Å². The van der Waals surface area contributed by atoms with Gasteiger partial charge < -0.3 is 0 Å². The van der Waals surface area contributed by atoms with Crippen molar-refractivity contribution in [2.75, 3.05) is 0 Å². The largest absolute Gasteiger partial charge is 0.299 e. The average molecular weight is 571 g/mol. The highest BCUT2D eigenvalue weighted by atomic mass is 16.1. The van der Waals surface area contributed by atoms with Crippen LogP contribution in [-0.4, -0.2) is 5.78 Å². The summed E-state index contributed by atoms with van der Waals surface area (Å²) >= 11 is 0. The molecule has 0 bridgehead atoms. The van der Waals surface area contributed by atoms with Crippen LogP contribution in [0.25, 0.3) is 0 Å². The molecule has 42 heavy (non-hydrogen) atoms. The van der Waals surface area contributed by atoms with Gasteiger partial charge in [-0.1, -0.05) is 139 Å². The van der Waals surface area contributed by atoms with E-state index in [0.717, 1.165) is 23.7 Å². The lowest BCUT2D eigenvalue weighted by Gasteiger charge is -2.29. The summed E-state index contributed by atoms with van der Waals surface area (Å²) in [6, 6.07) is 18.1. The molecule has 2 fully saturated rings. The molecule has 0 amide bonds. The maximum atomic E-state index is 12.9. The summed E-state index contributed by atoms with van der Waals surface area (Å²) in [6.07, 6.45) is 29.0. The highest BCUT2D eigenvalue weighted by Crippen LogP contribution is 2.39. The Kier molecular flexibility index (Phi) is 14.7. The number of hydrogen-bond acceptors (Lipinski definition) is 1. The Bertz CT molecular complexity index is 905. The van der Waals surface area contributed by atoms with Crippen molar-refractivity contribution in [3.05, 3.63) is 70.8 Å². The average Bonchev–Trinajstić information content (AvgIpc) is 3.02. The second-order valence-electron chi connectivity index (χ2n) is 14.2. The van der Waals surface area contributed by atoms with Crippen LogP contribution in [0.1, 0.15) is 176 Å². The molecule has 2 aromatic carbocycles. The van der Waals surface area contributed by atoms with Crippen molar-refractivity contribution < 1.29 is 4.79 Å². The summed E-state index contributed by atoms with van der Waals surface area (Å²) in [5.74, 6) is 3.68. The van der Waals surface area contributed by atoms with Crippen LogP contribution >= 0.6 is 0 Å². The lowest BCUT2D eigenvalue weighted by molar-refractivity contribution is -0.117. The van der Waals surface area contributed by atoms with Gasteiger partial charge in [-0.3, -0.25) is 4.79 Å². The molecule has 2 saturated carbocycles. The van der Waals surface area contributed by atoms with Crippen molar-refractivity contribution in [2.45, 2.75) is 167 Å². The zero-order valence-electron chi connectivity index (χ0n) is 27.4. The lowest BCUT2D eigenvalue weighted by Crippen LogP contribution is -2.14. The number of ketones is 1. The molecule has 0 heterocycles. The fourth-order valence-electron chi connectivity index (χ4n) is 7.98. The van der Waals surface area contributed by atoms with E-state index < -0.39 is 0 Å². The maximum Gasteiger partial charge on any atom is 0.141 e. The van der Waals surface area contributed by atoms with Gasteiger partial charge in [0.1, 0.15) is 5.78 Å². The second-order valence-corrected chi connectivity index (χ2v) is 14.2. The molecule has 0 radical (unpaired) electrons. The third kappa shape index (κ3) is 11.3. The van der Waals surface area contributed by atoms with Gasteiger partial charge in [-0.15, -0.1) is 0 Å². The molecule has 2 aliphatic carbocycles. The summed E-state index contributed by atoms with van der Waals surface area (Å²) in [7, 11) is 0. The van der Waals surface area contributed by atoms with Gasteiger partial charge in [0.15, 0.2) is 0 Å². The SMILES string of the molecule is CCCCCCCC1CCC(c2ccc(CC(=O)Cc3ccc([C@H]4CC[C@H](CCCCCCC)CC4)cc3)cc2)CC1. The van der Waals surface area contributed by atoms with Crippen LogP contribution in [0.3, 0.4) is 0 Å². The Morgan fingerprint density at radius 3 is 1.21 bits per heavy atom. The lowest BCUT2D eigenvalue weighted by atomic mass is 9.77. The minimum Gasteiger partial charge on any atom is -0.299 e. The molecule has 2 aliphatic rings. The van der Waals surface area contributed by atoms with E-state index in [4.69, 9.17) is 0 Å². The van der Waals surface area contributed by atoms with E-state index in [9.17, 15) is 4.79 Å². The van der Waals surface area contributed by atoms with Gasteiger partial charge in [-0.05, 0) is 97.3 Å². The first-order valence-corrected chi connectivity index (χ1v) is 18.3. The molecule has 0 unspecified atom stereocenters. The standard InChI is InChI=1S/C41H62O/c1-3-5-7-9-11-13-33-15-23-37(24-16-33)39-27-19-35(20-28-39)31-41(42)32-36-21-29-40(30-22-36)38-25-17-34(18-26-38)14-12-10-8-6-4-2/h19-22,27-30,33-34,37-38H,3-18,23-26,31-32H2,1-2H3/t33-,34?,37-,38?. The van der Waals surface area contributed by atoms with Gasteiger partial charge in [0.2, 0.25) is 0 Å². The minimum atomic E-state index is 0.328. The van der Waals surface area contributed by atoms with Crippen molar-refractivity contribution in [3.8, 4) is 0 Å². The number of Topliss-reactive ketones (excluding diaryl/α,β-unsaturated/α-hetero) is 1. The predicted octanol–water partition coefficient (Wildman–Crippen LogP) is 12.3. The first-order valence-electron chi connectivity index (χ1n) is 18.3. The first kappa shape index (κ1) is 33.0. The third-order valence-electron chi connectivity index (χ3n) is 10.8. The number of rotatable bonds is 18. The molecule has 0 atom stereocenters. The zero-order chi connectivity index (χ0) is 29.4. The molecule has 1 nitrogen and oxygen atoms in total. The molecule has 1 heteroatoms. The Balaban J connectivity index is 1.13. The first-order chi connectivity index (χ1) is 20.6. The molecular formula is C41H62O. The van der Waals surface area contributed by atoms with Crippen LogP contribution in [-0.2, 0) is 17.6 Å². The summed E-state index contributed by atoms with van der Waals surface area (Å²) in [5, 5.41) is 0. The molecule has 0 N–H and O–H groups in total. The Morgan fingerprint density at radius 1 is 0.500 bits per heavy atom. The number of unbranched alkanes of at least 4 members (excludes halogenated alkanes) is 8. The maximum absolute atomic E-state index is 12.9. The Hall–Kier alpha value is -1.89. The normalized spacial score (nSPS) is 22.7. The minimum absolute atomic E-state index is 0.328. The number of hydrogen-bond donors (Lipinski definition) is 0. The summed E-state index contributed by atoms with van der Waals surface area (Å²) in [4.78, 5) is 12.9. The fourth-order valence-corrected chi connectivity index (χ4v) is 7.98. The Labute approximate surface area is 259 Å². The van der Waals surface area contributed by atoms with Gasteiger partial charge in [-0.2, -0.15) is 0 Å². The van der Waals surface area contributed by atoms with Crippen LogP contribution < -0.4 is 0 Å². The van der Waals surface area contributed by atoms with Crippen LogP contribution in [0, 0.1) is 11.8 Å². The van der Waals surface area contributed by atoms with E-state index >= 15 is 0 Å². The van der Waals surface area contributed by atoms with Gasteiger partial charge in [0.05, 0.1) is 0 Å². The second kappa shape index (κ2) is 18.7. The highest BCUT2D eigenvalue weighted by Gasteiger charge is 2.23. The summed E-state index contributed by atoms with van der Waals surface area (Å²) in [5.41, 5.74) is 5.32. The molecule has 2 aromatic rings. The monoisotopic (exact) mass is 570 g/mol. The van der Waals surface area contributed by atoms with Gasteiger partial charge in [-0.25, -0.2) is 0 Å². The summed E-state index contributed by atoms with van der Waals surface area (Å²) in [6.45, 7) is 4.60. The molecule has 4 rings (SSSR count). The van der Waals surface area contributed by atoms with E-state index in [1.165, 1.54) is 151 Å². The molecular weight excluding hydrogens is 508 g/mol. The quantitative estimate of drug-likeness (QED) is 0.163. The third-order valence-corrected chi connectivity index (χ3v) is 10.8. The van der Waals surface area contributed by atoms with E-state index in [-0.39, 0.29) is 0 Å². The van der Waals surface area contributed by atoms with Crippen LogP contribution in [0.4, 0.5) is 0 Å². The molecule has 232 valence electrons. The van der Waals surface area contributed by atoms with E-state index in [2.05, 4.69) is 62.4 Å². The smallest absolute Gasteiger partial charge is 0.141 e. The molecule has 0 spiro atoms. The summed E-state index contributed by atoms with van der Waals surface area (Å²) < 4.78 is 0. The number of carbonyl (C=O) groups is 1. The molecule has 0 saturated heterocycles. The van der Waals surface area contributed by atoms with Crippen molar-refractivity contribution in [1.29, 1.82) is 0 Å². The van der Waals surface area contributed by atoms with Gasteiger partial charge in [0.25, 0.3) is 0 Å². The predicted molar refractivity (Wildman–Crippen MR) is 181 cm³/mol. The number of carbonyl (C=O) groups excluding carboxylic acids is 1. The van der Waals surface area contributed by atoms with Crippen molar-refractivity contribution in [1.82, 2.24) is 0 Å². The van der Waals surface area contributed by atoms with E-state index in [1.54, 1.807) is 0 Å². The van der Waals surface area contributed by atoms with Gasteiger partial charge >= 0.3 is 0 Å². The topological polar surface area (TPSA) is 17.1 Å². The van der Waals surface area contributed by atoms with Gasteiger partial charge in [0, 0.05) is 12.8 Å². The van der Waals surface area contributed by atoms with Crippen LogP contribution in [0.15, 0.2) is 48.5 Å². The van der Waals surface area contributed by atoms with Crippen LogP contribution in [0.5, 0.6) is 0 Å². The molecule has 0 aliphatic heterocycles. The molecule has 0 aromatic heterocycles.